The molecule has 1 aliphatic heterocycles. The van der Waals surface area contributed by atoms with Gasteiger partial charge in [0.05, 0.1) is 19.8 Å². The second kappa shape index (κ2) is 12.7. The summed E-state index contributed by atoms with van der Waals surface area (Å²) in [5.74, 6) is 1.71. The normalized spacial score (nSPS) is 19.1. The van der Waals surface area contributed by atoms with Crippen LogP contribution in [0.5, 0.6) is 5.75 Å². The van der Waals surface area contributed by atoms with Gasteiger partial charge in [-0.25, -0.2) is 0 Å². The van der Waals surface area contributed by atoms with Gasteiger partial charge in [-0.1, -0.05) is 12.1 Å². The van der Waals surface area contributed by atoms with Crippen molar-refractivity contribution in [2.75, 3.05) is 53.7 Å². The second-order valence-corrected chi connectivity index (χ2v) is 7.62. The minimum absolute atomic E-state index is 0.409. The smallest absolute Gasteiger partial charge is 0.191 e. The molecule has 1 aromatic carbocycles. The molecule has 0 spiro atoms. The van der Waals surface area contributed by atoms with Crippen LogP contribution in [0.1, 0.15) is 31.4 Å². The van der Waals surface area contributed by atoms with Crippen molar-refractivity contribution in [2.24, 2.45) is 4.99 Å². The van der Waals surface area contributed by atoms with Crippen LogP contribution in [0.15, 0.2) is 23.2 Å². The van der Waals surface area contributed by atoms with Crippen molar-refractivity contribution in [1.82, 2.24) is 15.5 Å². The van der Waals surface area contributed by atoms with E-state index in [1.165, 1.54) is 5.56 Å². The van der Waals surface area contributed by atoms with Crippen molar-refractivity contribution in [3.8, 4) is 5.75 Å². The van der Waals surface area contributed by atoms with Gasteiger partial charge in [-0.05, 0) is 32.4 Å². The topological polar surface area (TPSA) is 67.4 Å². The van der Waals surface area contributed by atoms with Crippen LogP contribution in [0.25, 0.3) is 0 Å². The Bertz CT molecular complexity index is 638. The maximum atomic E-state index is 5.98. The van der Waals surface area contributed by atoms with E-state index in [0.717, 1.165) is 50.0 Å². The molecule has 1 fully saturated rings. The van der Waals surface area contributed by atoms with E-state index in [0.29, 0.717) is 31.8 Å². The second-order valence-electron chi connectivity index (χ2n) is 7.62. The number of aliphatic imine (C=N–C) groups is 1. The minimum atomic E-state index is 0.409. The van der Waals surface area contributed by atoms with Crippen molar-refractivity contribution in [3.05, 3.63) is 29.3 Å². The lowest BCUT2D eigenvalue weighted by atomic mass is 10.1. The average Bonchev–Trinajstić information content (AvgIpc) is 2.72. The summed E-state index contributed by atoms with van der Waals surface area (Å²) in [6.45, 7) is 12.0. The lowest BCUT2D eigenvalue weighted by Gasteiger charge is -2.38. The van der Waals surface area contributed by atoms with Crippen LogP contribution in [0.2, 0.25) is 0 Å². The van der Waals surface area contributed by atoms with E-state index in [9.17, 15) is 0 Å². The molecule has 29 heavy (non-hydrogen) atoms. The maximum Gasteiger partial charge on any atom is 0.191 e. The van der Waals surface area contributed by atoms with Crippen molar-refractivity contribution in [1.29, 1.82) is 0 Å². The molecule has 0 bridgehead atoms. The molecule has 1 aromatic rings. The van der Waals surface area contributed by atoms with Crippen LogP contribution in [0.4, 0.5) is 0 Å². The Kier molecular flexibility index (Phi) is 10.2. The molecule has 0 saturated carbocycles. The fourth-order valence-electron chi connectivity index (χ4n) is 3.48. The van der Waals surface area contributed by atoms with Gasteiger partial charge in [0.1, 0.15) is 5.75 Å². The van der Waals surface area contributed by atoms with E-state index in [4.69, 9.17) is 14.2 Å². The molecule has 0 radical (unpaired) electrons. The van der Waals surface area contributed by atoms with E-state index < -0.39 is 0 Å². The summed E-state index contributed by atoms with van der Waals surface area (Å²) in [4.78, 5) is 6.85. The number of benzene rings is 1. The van der Waals surface area contributed by atoms with E-state index in [1.807, 2.05) is 0 Å². The van der Waals surface area contributed by atoms with Crippen LogP contribution in [0, 0.1) is 6.92 Å². The molecular formula is C22H38N4O3. The summed E-state index contributed by atoms with van der Waals surface area (Å²) < 4.78 is 16.6. The van der Waals surface area contributed by atoms with Gasteiger partial charge in [0, 0.05) is 64.5 Å². The third-order valence-corrected chi connectivity index (χ3v) is 5.19. The molecule has 7 heteroatoms. The highest BCUT2D eigenvalue weighted by Crippen LogP contribution is 2.20. The van der Waals surface area contributed by atoms with Gasteiger partial charge in [0.25, 0.3) is 0 Å². The summed E-state index contributed by atoms with van der Waals surface area (Å²) in [6.07, 6.45) is 0.873. The first-order chi connectivity index (χ1) is 14.0. The molecular weight excluding hydrogens is 368 g/mol. The maximum absolute atomic E-state index is 5.98. The van der Waals surface area contributed by atoms with Gasteiger partial charge >= 0.3 is 0 Å². The predicted molar refractivity (Wildman–Crippen MR) is 118 cm³/mol. The number of morpholine rings is 1. The van der Waals surface area contributed by atoms with Gasteiger partial charge < -0.3 is 24.8 Å². The number of nitrogens with zero attached hydrogens (tertiary/aromatic N) is 2. The lowest BCUT2D eigenvalue weighted by Crippen LogP contribution is -2.52. The van der Waals surface area contributed by atoms with Gasteiger partial charge in [0.15, 0.2) is 5.96 Å². The molecule has 7 nitrogen and oxygen atoms in total. The first-order valence-electron chi connectivity index (χ1n) is 10.5. The Morgan fingerprint density at radius 1 is 1.34 bits per heavy atom. The van der Waals surface area contributed by atoms with Gasteiger partial charge in [-0.2, -0.15) is 0 Å². The molecule has 2 rings (SSSR count). The highest BCUT2D eigenvalue weighted by molar-refractivity contribution is 5.79. The summed E-state index contributed by atoms with van der Waals surface area (Å²) >= 11 is 0. The average molecular weight is 407 g/mol. The monoisotopic (exact) mass is 406 g/mol. The molecule has 2 N–H and O–H groups in total. The highest BCUT2D eigenvalue weighted by atomic mass is 16.5. The number of aryl methyl sites for hydroxylation is 1. The third-order valence-electron chi connectivity index (χ3n) is 5.19. The van der Waals surface area contributed by atoms with Crippen LogP contribution >= 0.6 is 0 Å². The summed E-state index contributed by atoms with van der Waals surface area (Å²) in [5, 5.41) is 6.85. The molecule has 1 aliphatic rings. The number of hydrogen-bond donors (Lipinski definition) is 2. The fourth-order valence-corrected chi connectivity index (χ4v) is 3.48. The van der Waals surface area contributed by atoms with Crippen LogP contribution in [-0.2, 0) is 16.0 Å². The van der Waals surface area contributed by atoms with Gasteiger partial charge in [-0.15, -0.1) is 0 Å². The van der Waals surface area contributed by atoms with Crippen molar-refractivity contribution >= 4 is 5.96 Å². The van der Waals surface area contributed by atoms with Crippen molar-refractivity contribution < 1.29 is 14.2 Å². The van der Waals surface area contributed by atoms with Gasteiger partial charge in [0.2, 0.25) is 0 Å². The molecule has 0 amide bonds. The number of nitrogens with one attached hydrogen (secondary N) is 2. The number of ether oxygens (including phenoxy) is 3. The molecule has 2 atom stereocenters. The number of hydrogen-bond acceptors (Lipinski definition) is 5. The molecule has 1 heterocycles. The first-order valence-corrected chi connectivity index (χ1v) is 10.5. The van der Waals surface area contributed by atoms with E-state index >= 15 is 0 Å². The lowest BCUT2D eigenvalue weighted by molar-refractivity contribution is -0.0174. The van der Waals surface area contributed by atoms with Crippen LogP contribution in [0.3, 0.4) is 0 Å². The van der Waals surface area contributed by atoms with E-state index in [2.05, 4.69) is 59.5 Å². The Hall–Kier alpha value is -1.83. The number of rotatable bonds is 10. The minimum Gasteiger partial charge on any atom is -0.493 e. The predicted octanol–water partition coefficient (Wildman–Crippen LogP) is 2.18. The quantitative estimate of drug-likeness (QED) is 0.353. The van der Waals surface area contributed by atoms with Crippen LogP contribution in [-0.4, -0.2) is 76.6 Å². The standard InChI is InChI=1S/C22H38N4O3/c1-17-7-8-20(21(13-17)29-11-6-10-27-5)15-25-22(23-4)24-14-18(2)26-9-12-28-16-19(26)3/h7-8,13,18-19H,6,9-12,14-16H2,1-5H3,(H2,23,24,25). The molecule has 164 valence electrons. The number of methoxy groups -OCH3 is 1. The third kappa shape index (κ3) is 7.84. The zero-order valence-corrected chi connectivity index (χ0v) is 18.7. The SMILES string of the molecule is CN=C(NCc1ccc(C)cc1OCCCOC)NCC(C)N1CCOCC1C. The van der Waals surface area contributed by atoms with E-state index in [1.54, 1.807) is 14.2 Å². The Morgan fingerprint density at radius 2 is 2.17 bits per heavy atom. The Balaban J connectivity index is 1.85. The van der Waals surface area contributed by atoms with E-state index in [-0.39, 0.29) is 0 Å². The summed E-state index contributed by atoms with van der Waals surface area (Å²) in [7, 11) is 3.51. The molecule has 0 aliphatic carbocycles. The van der Waals surface area contributed by atoms with Crippen molar-refractivity contribution in [2.45, 2.75) is 45.8 Å². The number of guanidine groups is 1. The Morgan fingerprint density at radius 3 is 2.90 bits per heavy atom. The Labute approximate surface area is 175 Å². The van der Waals surface area contributed by atoms with Crippen molar-refractivity contribution in [3.63, 3.8) is 0 Å². The van der Waals surface area contributed by atoms with Gasteiger partial charge in [-0.3, -0.25) is 9.89 Å². The molecule has 0 aromatic heterocycles. The zero-order chi connectivity index (χ0) is 21.1. The summed E-state index contributed by atoms with van der Waals surface area (Å²) in [6, 6.07) is 7.16. The molecule has 1 saturated heterocycles. The first kappa shape index (κ1) is 23.4. The summed E-state index contributed by atoms with van der Waals surface area (Å²) in [5.41, 5.74) is 2.30. The fraction of sp³-hybridized carbons (Fsp3) is 0.682. The largest absolute Gasteiger partial charge is 0.493 e. The zero-order valence-electron chi connectivity index (χ0n) is 18.7. The van der Waals surface area contributed by atoms with Crippen LogP contribution < -0.4 is 15.4 Å². The molecule has 2 unspecified atom stereocenters. The highest BCUT2D eigenvalue weighted by Gasteiger charge is 2.23.